The molecule has 1 saturated carbocycles. The van der Waals surface area contributed by atoms with Crippen molar-refractivity contribution in [3.8, 4) is 0 Å². The maximum absolute atomic E-state index is 10.8. The minimum absolute atomic E-state index is 0.153. The number of hydrogen-bond donors (Lipinski definition) is 1. The highest BCUT2D eigenvalue weighted by Gasteiger charge is 2.30. The van der Waals surface area contributed by atoms with Crippen LogP contribution < -0.4 is 5.32 Å². The smallest absolute Gasteiger partial charge is 0.271 e. The molecule has 0 radical (unpaired) electrons. The molecule has 4 nitrogen and oxygen atoms in total. The normalized spacial score (nSPS) is 26.5. The third-order valence-corrected chi connectivity index (χ3v) is 4.43. The lowest BCUT2D eigenvalue weighted by Gasteiger charge is -2.38. The average Bonchev–Trinajstić information content (AvgIpc) is 2.38. The van der Waals surface area contributed by atoms with Crippen molar-refractivity contribution in [2.45, 2.75) is 46.1 Å². The Morgan fingerprint density at radius 3 is 2.75 bits per heavy atom. The van der Waals surface area contributed by atoms with Crippen LogP contribution >= 0.6 is 0 Å². The lowest BCUT2D eigenvalue weighted by Crippen LogP contribution is -2.37. The fourth-order valence-electron chi connectivity index (χ4n) is 3.29. The van der Waals surface area contributed by atoms with Gasteiger partial charge in [0.05, 0.1) is 4.92 Å². The molecule has 0 saturated heterocycles. The Morgan fingerprint density at radius 1 is 1.35 bits per heavy atom. The predicted molar refractivity (Wildman–Crippen MR) is 81.9 cm³/mol. The molecule has 3 atom stereocenters. The van der Waals surface area contributed by atoms with E-state index in [9.17, 15) is 10.1 Å². The van der Waals surface area contributed by atoms with Gasteiger partial charge in [-0.05, 0) is 36.7 Å². The number of non-ortho nitro benzene ring substituents is 1. The van der Waals surface area contributed by atoms with E-state index in [0.717, 1.165) is 18.0 Å². The SMILES string of the molecule is CC1CCC(C(C)C)C(Nc2cccc([N+](=O)[O-])c2)C1. The molecule has 0 aliphatic heterocycles. The first-order valence-corrected chi connectivity index (χ1v) is 7.48. The van der Waals surface area contributed by atoms with Gasteiger partial charge in [-0.1, -0.05) is 33.3 Å². The molecule has 0 bridgehead atoms. The molecule has 0 spiro atoms. The summed E-state index contributed by atoms with van der Waals surface area (Å²) in [5, 5.41) is 14.4. The lowest BCUT2D eigenvalue weighted by molar-refractivity contribution is -0.384. The summed E-state index contributed by atoms with van der Waals surface area (Å²) in [6.45, 7) is 6.82. The van der Waals surface area contributed by atoms with Gasteiger partial charge >= 0.3 is 0 Å². The maximum Gasteiger partial charge on any atom is 0.271 e. The number of anilines is 1. The summed E-state index contributed by atoms with van der Waals surface area (Å²) < 4.78 is 0. The fourth-order valence-corrected chi connectivity index (χ4v) is 3.29. The van der Waals surface area contributed by atoms with Crippen molar-refractivity contribution in [1.82, 2.24) is 0 Å². The Kier molecular flexibility index (Phi) is 4.63. The second-order valence-electron chi connectivity index (χ2n) is 6.38. The minimum Gasteiger partial charge on any atom is -0.382 e. The summed E-state index contributed by atoms with van der Waals surface area (Å²) in [5.74, 6) is 2.00. The Balaban J connectivity index is 2.13. The molecule has 0 heterocycles. The zero-order valence-corrected chi connectivity index (χ0v) is 12.5. The number of nitro groups is 1. The van der Waals surface area contributed by atoms with Crippen molar-refractivity contribution in [2.75, 3.05) is 5.32 Å². The van der Waals surface area contributed by atoms with Gasteiger partial charge in [0.15, 0.2) is 0 Å². The van der Waals surface area contributed by atoms with Crippen LogP contribution in [-0.4, -0.2) is 11.0 Å². The number of hydrogen-bond acceptors (Lipinski definition) is 3. The molecule has 0 amide bonds. The van der Waals surface area contributed by atoms with E-state index in [4.69, 9.17) is 0 Å². The summed E-state index contributed by atoms with van der Waals surface area (Å²) in [4.78, 5) is 10.5. The second-order valence-corrected chi connectivity index (χ2v) is 6.38. The highest BCUT2D eigenvalue weighted by atomic mass is 16.6. The van der Waals surface area contributed by atoms with Gasteiger partial charge in [0.25, 0.3) is 5.69 Å². The minimum atomic E-state index is -0.339. The summed E-state index contributed by atoms with van der Waals surface area (Å²) in [6.07, 6.45) is 3.67. The van der Waals surface area contributed by atoms with Crippen molar-refractivity contribution in [1.29, 1.82) is 0 Å². The Morgan fingerprint density at radius 2 is 2.10 bits per heavy atom. The topological polar surface area (TPSA) is 55.2 Å². The lowest BCUT2D eigenvalue weighted by atomic mass is 9.74. The molecule has 1 fully saturated rings. The summed E-state index contributed by atoms with van der Waals surface area (Å²) in [7, 11) is 0. The second kappa shape index (κ2) is 6.25. The van der Waals surface area contributed by atoms with E-state index < -0.39 is 0 Å². The molecule has 3 unspecified atom stereocenters. The molecule has 1 aromatic carbocycles. The third kappa shape index (κ3) is 3.50. The van der Waals surface area contributed by atoms with Gasteiger partial charge in [-0.3, -0.25) is 10.1 Å². The van der Waals surface area contributed by atoms with Crippen LogP contribution in [0.3, 0.4) is 0 Å². The average molecular weight is 276 g/mol. The Labute approximate surface area is 120 Å². The standard InChI is InChI=1S/C16H24N2O2/c1-11(2)15-8-7-12(3)9-16(15)17-13-5-4-6-14(10-13)18(19)20/h4-6,10-12,15-17H,7-9H2,1-3H3. The molecule has 1 aliphatic rings. The fraction of sp³-hybridized carbons (Fsp3) is 0.625. The van der Waals surface area contributed by atoms with Crippen molar-refractivity contribution in [3.05, 3.63) is 34.4 Å². The zero-order valence-electron chi connectivity index (χ0n) is 12.5. The zero-order chi connectivity index (χ0) is 14.7. The maximum atomic E-state index is 10.8. The molecule has 1 N–H and O–H groups in total. The first-order valence-electron chi connectivity index (χ1n) is 7.48. The van der Waals surface area contributed by atoms with Crippen molar-refractivity contribution in [3.63, 3.8) is 0 Å². The van der Waals surface area contributed by atoms with Crippen LogP contribution in [-0.2, 0) is 0 Å². The summed E-state index contributed by atoms with van der Waals surface area (Å²) in [5.41, 5.74) is 1.02. The van der Waals surface area contributed by atoms with E-state index in [1.165, 1.54) is 18.9 Å². The van der Waals surface area contributed by atoms with E-state index in [1.807, 2.05) is 6.07 Å². The van der Waals surface area contributed by atoms with E-state index in [1.54, 1.807) is 12.1 Å². The first kappa shape index (κ1) is 14.8. The van der Waals surface area contributed by atoms with Gasteiger partial charge in [0, 0.05) is 23.9 Å². The monoisotopic (exact) mass is 276 g/mol. The van der Waals surface area contributed by atoms with Gasteiger partial charge < -0.3 is 5.32 Å². The number of nitro benzene ring substituents is 1. The van der Waals surface area contributed by atoms with Crippen molar-refractivity contribution >= 4 is 11.4 Å². The van der Waals surface area contributed by atoms with Crippen LogP contribution in [0.2, 0.25) is 0 Å². The van der Waals surface area contributed by atoms with Crippen LogP contribution in [0, 0.1) is 27.9 Å². The Hall–Kier alpha value is -1.58. The Bertz CT molecular complexity index is 473. The quantitative estimate of drug-likeness (QED) is 0.652. The number of rotatable bonds is 4. The van der Waals surface area contributed by atoms with Crippen LogP contribution in [0.15, 0.2) is 24.3 Å². The number of nitrogens with one attached hydrogen (secondary N) is 1. The summed E-state index contributed by atoms with van der Waals surface area (Å²) in [6, 6.07) is 7.26. The van der Waals surface area contributed by atoms with E-state index in [-0.39, 0.29) is 10.6 Å². The largest absolute Gasteiger partial charge is 0.382 e. The van der Waals surface area contributed by atoms with Crippen LogP contribution in [0.1, 0.15) is 40.0 Å². The van der Waals surface area contributed by atoms with Gasteiger partial charge in [-0.15, -0.1) is 0 Å². The highest BCUT2D eigenvalue weighted by molar-refractivity contribution is 5.51. The molecule has 1 aliphatic carbocycles. The van der Waals surface area contributed by atoms with E-state index in [2.05, 4.69) is 26.1 Å². The van der Waals surface area contributed by atoms with E-state index >= 15 is 0 Å². The highest BCUT2D eigenvalue weighted by Crippen LogP contribution is 2.35. The number of nitrogens with zero attached hydrogens (tertiary/aromatic N) is 1. The van der Waals surface area contributed by atoms with Crippen LogP contribution in [0.25, 0.3) is 0 Å². The van der Waals surface area contributed by atoms with Crippen LogP contribution in [0.4, 0.5) is 11.4 Å². The first-order chi connectivity index (χ1) is 9.47. The van der Waals surface area contributed by atoms with Gasteiger partial charge in [0.1, 0.15) is 0 Å². The van der Waals surface area contributed by atoms with Crippen molar-refractivity contribution < 1.29 is 4.92 Å². The van der Waals surface area contributed by atoms with E-state index in [0.29, 0.717) is 17.9 Å². The third-order valence-electron chi connectivity index (χ3n) is 4.43. The molecular weight excluding hydrogens is 252 g/mol. The molecule has 2 rings (SSSR count). The number of benzene rings is 1. The van der Waals surface area contributed by atoms with Crippen molar-refractivity contribution in [2.24, 2.45) is 17.8 Å². The van der Waals surface area contributed by atoms with Gasteiger partial charge in [-0.2, -0.15) is 0 Å². The predicted octanol–water partition coefficient (Wildman–Crippen LogP) is 4.47. The molecule has 20 heavy (non-hydrogen) atoms. The molecule has 4 heteroatoms. The molecule has 0 aromatic heterocycles. The van der Waals surface area contributed by atoms with Crippen LogP contribution in [0.5, 0.6) is 0 Å². The molecule has 1 aromatic rings. The van der Waals surface area contributed by atoms with Gasteiger partial charge in [0.2, 0.25) is 0 Å². The summed E-state index contributed by atoms with van der Waals surface area (Å²) >= 11 is 0. The van der Waals surface area contributed by atoms with Gasteiger partial charge in [-0.25, -0.2) is 0 Å². The molecule has 110 valence electrons. The molecular formula is C16H24N2O2.